The molecule has 1 aromatic rings. The van der Waals surface area contributed by atoms with Crippen LogP contribution in [0.2, 0.25) is 0 Å². The number of aromatic nitrogens is 1. The molecule has 0 aliphatic carbocycles. The van der Waals surface area contributed by atoms with Gasteiger partial charge in [0.25, 0.3) is 0 Å². The monoisotopic (exact) mass is 209 g/mol. The number of hydrogen-bond donors (Lipinski definition) is 0. The third-order valence-corrected chi connectivity index (χ3v) is 2.69. The Morgan fingerprint density at radius 3 is 2.86 bits per heavy atom. The van der Waals surface area contributed by atoms with Crippen LogP contribution in [0.3, 0.4) is 0 Å². The van der Waals surface area contributed by atoms with Gasteiger partial charge in [0.2, 0.25) is 0 Å². The van der Waals surface area contributed by atoms with Crippen LogP contribution in [0.1, 0.15) is 5.69 Å². The maximum absolute atomic E-state index is 4.26. The maximum atomic E-state index is 4.26. The summed E-state index contributed by atoms with van der Waals surface area (Å²) in [5, 5.41) is 1.02. The van der Waals surface area contributed by atoms with Crippen molar-refractivity contribution in [3.63, 3.8) is 0 Å². The molecule has 76 valence electrons. The molecule has 0 spiro atoms. The van der Waals surface area contributed by atoms with E-state index in [0.717, 1.165) is 17.4 Å². The average Bonchev–Trinajstić information content (AvgIpc) is 2.21. The third kappa shape index (κ3) is 3.03. The van der Waals surface area contributed by atoms with E-state index in [1.165, 1.54) is 0 Å². The van der Waals surface area contributed by atoms with Gasteiger partial charge in [-0.3, -0.25) is 9.98 Å². The fraction of sp³-hybridized carbons (Fsp3) is 0.400. The highest BCUT2D eigenvalue weighted by Crippen LogP contribution is 2.06. The molecule has 0 bridgehead atoms. The summed E-state index contributed by atoms with van der Waals surface area (Å²) in [6, 6.07) is 5.94. The van der Waals surface area contributed by atoms with Crippen LogP contribution >= 0.6 is 11.8 Å². The lowest BCUT2D eigenvalue weighted by Crippen LogP contribution is -2.23. The van der Waals surface area contributed by atoms with Crippen molar-refractivity contribution >= 4 is 16.9 Å². The number of amidine groups is 1. The highest BCUT2D eigenvalue weighted by molar-refractivity contribution is 8.13. The number of hydrogen-bond acceptors (Lipinski definition) is 3. The van der Waals surface area contributed by atoms with Crippen molar-refractivity contribution in [2.45, 2.75) is 6.54 Å². The van der Waals surface area contributed by atoms with Crippen molar-refractivity contribution in [3.8, 4) is 0 Å². The van der Waals surface area contributed by atoms with Crippen LogP contribution in [0.25, 0.3) is 0 Å². The normalized spacial score (nSPS) is 11.5. The minimum absolute atomic E-state index is 0.800. The van der Waals surface area contributed by atoms with Crippen molar-refractivity contribution in [3.05, 3.63) is 30.1 Å². The first-order valence-corrected chi connectivity index (χ1v) is 5.62. The van der Waals surface area contributed by atoms with Gasteiger partial charge in [0.15, 0.2) is 5.17 Å². The first-order chi connectivity index (χ1) is 6.77. The summed E-state index contributed by atoms with van der Waals surface area (Å²) in [4.78, 5) is 10.5. The Bertz CT molecular complexity index is 297. The van der Waals surface area contributed by atoms with Crippen LogP contribution in [-0.4, -0.2) is 35.4 Å². The molecule has 0 radical (unpaired) electrons. The lowest BCUT2D eigenvalue weighted by atomic mass is 10.3. The molecule has 0 aliphatic rings. The molecular formula is C10H15N3S. The fourth-order valence-electron chi connectivity index (χ4n) is 1.22. The summed E-state index contributed by atoms with van der Waals surface area (Å²) < 4.78 is 0. The Labute approximate surface area is 89.3 Å². The molecule has 0 unspecified atom stereocenters. The molecule has 4 heteroatoms. The van der Waals surface area contributed by atoms with Crippen molar-refractivity contribution in [2.75, 3.05) is 20.4 Å². The van der Waals surface area contributed by atoms with Gasteiger partial charge in [-0.2, -0.15) is 0 Å². The number of nitrogens with zero attached hydrogens (tertiary/aromatic N) is 3. The highest BCUT2D eigenvalue weighted by Gasteiger charge is 2.04. The molecule has 0 aromatic carbocycles. The largest absolute Gasteiger partial charge is 0.349 e. The number of rotatable bonds is 2. The molecule has 0 amide bonds. The maximum Gasteiger partial charge on any atom is 0.158 e. The summed E-state index contributed by atoms with van der Waals surface area (Å²) in [5.41, 5.74) is 1.06. The van der Waals surface area contributed by atoms with Gasteiger partial charge in [-0.1, -0.05) is 17.8 Å². The zero-order valence-electron chi connectivity index (χ0n) is 8.77. The molecule has 0 saturated carbocycles. The number of pyridine rings is 1. The first-order valence-electron chi connectivity index (χ1n) is 4.39. The Hall–Kier alpha value is -1.03. The van der Waals surface area contributed by atoms with Crippen LogP contribution in [0.4, 0.5) is 0 Å². The van der Waals surface area contributed by atoms with Gasteiger partial charge in [-0.25, -0.2) is 0 Å². The number of thioether (sulfide) groups is 1. The minimum atomic E-state index is 0.800. The topological polar surface area (TPSA) is 28.5 Å². The molecule has 1 heterocycles. The summed E-state index contributed by atoms with van der Waals surface area (Å²) in [5.74, 6) is 0. The van der Waals surface area contributed by atoms with Crippen molar-refractivity contribution in [2.24, 2.45) is 4.99 Å². The molecule has 0 saturated heterocycles. The predicted molar refractivity (Wildman–Crippen MR) is 62.6 cm³/mol. The van der Waals surface area contributed by atoms with E-state index in [2.05, 4.69) is 14.9 Å². The van der Waals surface area contributed by atoms with E-state index in [-0.39, 0.29) is 0 Å². The summed E-state index contributed by atoms with van der Waals surface area (Å²) in [7, 11) is 3.83. The van der Waals surface area contributed by atoms with Crippen molar-refractivity contribution < 1.29 is 0 Å². The lowest BCUT2D eigenvalue weighted by Gasteiger charge is -2.18. The van der Waals surface area contributed by atoms with Crippen molar-refractivity contribution in [1.82, 2.24) is 9.88 Å². The second-order valence-corrected chi connectivity index (χ2v) is 3.66. The standard InChI is InChI=1S/C10H15N3S/c1-11-10(14-3)13(2)8-9-6-4-5-7-12-9/h4-7H,8H2,1-3H3. The average molecular weight is 209 g/mol. The molecule has 0 N–H and O–H groups in total. The molecule has 0 aliphatic heterocycles. The van der Waals surface area contributed by atoms with Crippen LogP contribution in [0.5, 0.6) is 0 Å². The van der Waals surface area contributed by atoms with Crippen LogP contribution < -0.4 is 0 Å². The van der Waals surface area contributed by atoms with Gasteiger partial charge in [0, 0.05) is 20.3 Å². The third-order valence-electron chi connectivity index (χ3n) is 1.83. The zero-order chi connectivity index (χ0) is 10.4. The van der Waals surface area contributed by atoms with E-state index in [4.69, 9.17) is 0 Å². The summed E-state index contributed by atoms with van der Waals surface area (Å²) in [6.07, 6.45) is 3.84. The predicted octanol–water partition coefficient (Wildman–Crippen LogP) is 1.86. The Morgan fingerprint density at radius 1 is 1.57 bits per heavy atom. The highest BCUT2D eigenvalue weighted by atomic mass is 32.2. The van der Waals surface area contributed by atoms with Gasteiger partial charge in [0.1, 0.15) is 0 Å². The van der Waals surface area contributed by atoms with Gasteiger partial charge in [0.05, 0.1) is 12.2 Å². The second-order valence-electron chi connectivity index (χ2n) is 2.89. The van der Waals surface area contributed by atoms with E-state index in [9.17, 15) is 0 Å². The van der Waals surface area contributed by atoms with Gasteiger partial charge in [-0.15, -0.1) is 0 Å². The minimum Gasteiger partial charge on any atom is -0.349 e. The van der Waals surface area contributed by atoms with Gasteiger partial charge < -0.3 is 4.90 Å². The Morgan fingerprint density at radius 2 is 2.36 bits per heavy atom. The zero-order valence-corrected chi connectivity index (χ0v) is 9.58. The smallest absolute Gasteiger partial charge is 0.158 e. The van der Waals surface area contributed by atoms with E-state index < -0.39 is 0 Å². The molecule has 14 heavy (non-hydrogen) atoms. The molecular weight excluding hydrogens is 194 g/mol. The molecule has 1 aromatic heterocycles. The molecule has 0 fully saturated rings. The molecule has 3 nitrogen and oxygen atoms in total. The van der Waals surface area contributed by atoms with Crippen LogP contribution in [0.15, 0.2) is 29.4 Å². The summed E-state index contributed by atoms with van der Waals surface area (Å²) in [6.45, 7) is 0.800. The van der Waals surface area contributed by atoms with Gasteiger partial charge in [-0.05, 0) is 18.4 Å². The quantitative estimate of drug-likeness (QED) is 0.550. The Kier molecular flexibility index (Phi) is 4.46. The van der Waals surface area contributed by atoms with Gasteiger partial charge >= 0.3 is 0 Å². The lowest BCUT2D eigenvalue weighted by molar-refractivity contribution is 0.501. The van der Waals surface area contributed by atoms with E-state index in [1.807, 2.05) is 37.7 Å². The second kappa shape index (κ2) is 5.65. The fourth-order valence-corrected chi connectivity index (χ4v) is 1.78. The first kappa shape index (κ1) is 11.0. The Balaban J connectivity index is 2.61. The van der Waals surface area contributed by atoms with E-state index >= 15 is 0 Å². The van der Waals surface area contributed by atoms with E-state index in [0.29, 0.717) is 0 Å². The summed E-state index contributed by atoms with van der Waals surface area (Å²) >= 11 is 1.65. The molecule has 1 rings (SSSR count). The van der Waals surface area contributed by atoms with Crippen LogP contribution in [0, 0.1) is 0 Å². The van der Waals surface area contributed by atoms with E-state index in [1.54, 1.807) is 18.8 Å². The SMILES string of the molecule is CN=C(SC)N(C)Cc1ccccn1. The molecule has 0 atom stereocenters. The van der Waals surface area contributed by atoms with Crippen molar-refractivity contribution in [1.29, 1.82) is 0 Å². The van der Waals surface area contributed by atoms with Crippen LogP contribution in [-0.2, 0) is 6.54 Å². The number of aliphatic imine (C=N–C) groups is 1.